The Morgan fingerprint density at radius 1 is 1.11 bits per heavy atom. The minimum absolute atomic E-state index is 0.0667. The van der Waals surface area contributed by atoms with Crippen LogP contribution in [0.1, 0.15) is 48.3 Å². The summed E-state index contributed by atoms with van der Waals surface area (Å²) in [6.07, 6.45) is -0.680. The summed E-state index contributed by atoms with van der Waals surface area (Å²) in [5, 5.41) is 12.0. The summed E-state index contributed by atoms with van der Waals surface area (Å²) in [7, 11) is 0. The summed E-state index contributed by atoms with van der Waals surface area (Å²) in [5.74, 6) is -1.68. The number of carbonyl (C=O) groups is 2. The molecule has 0 radical (unpaired) electrons. The van der Waals surface area contributed by atoms with Gasteiger partial charge in [0.15, 0.2) is 0 Å². The molecule has 2 N–H and O–H groups in total. The molecule has 144 valence electrons. The smallest absolute Gasteiger partial charge is 0.335 e. The SMILES string of the molecule is CC(C)[C@@H](OCc1ccc(F)cc1)C(=O)N[C@@H](C)c1cccc(C(=O)O)c1. The normalized spacial score (nSPS) is 13.2. The largest absolute Gasteiger partial charge is 0.478 e. The number of hydrogen-bond acceptors (Lipinski definition) is 3. The van der Waals surface area contributed by atoms with Crippen molar-refractivity contribution >= 4 is 11.9 Å². The van der Waals surface area contributed by atoms with E-state index in [9.17, 15) is 14.0 Å². The van der Waals surface area contributed by atoms with Crippen molar-refractivity contribution in [3.05, 3.63) is 71.0 Å². The van der Waals surface area contributed by atoms with Gasteiger partial charge in [-0.1, -0.05) is 38.1 Å². The molecule has 0 spiro atoms. The van der Waals surface area contributed by atoms with Gasteiger partial charge in [0.2, 0.25) is 5.91 Å². The van der Waals surface area contributed by atoms with Gasteiger partial charge in [0.25, 0.3) is 0 Å². The quantitative estimate of drug-likeness (QED) is 0.735. The minimum Gasteiger partial charge on any atom is -0.478 e. The average Bonchev–Trinajstić information content (AvgIpc) is 2.63. The number of amides is 1. The van der Waals surface area contributed by atoms with E-state index < -0.39 is 12.1 Å². The molecule has 0 aliphatic rings. The van der Waals surface area contributed by atoms with Gasteiger partial charge in [-0.25, -0.2) is 9.18 Å². The first-order valence-electron chi connectivity index (χ1n) is 8.77. The van der Waals surface area contributed by atoms with Crippen LogP contribution in [-0.2, 0) is 16.1 Å². The first-order valence-corrected chi connectivity index (χ1v) is 8.77. The fourth-order valence-corrected chi connectivity index (χ4v) is 2.66. The van der Waals surface area contributed by atoms with Gasteiger partial charge in [-0.05, 0) is 48.2 Å². The van der Waals surface area contributed by atoms with Gasteiger partial charge in [-0.2, -0.15) is 0 Å². The molecule has 0 fully saturated rings. The van der Waals surface area contributed by atoms with Crippen molar-refractivity contribution in [3.63, 3.8) is 0 Å². The molecule has 2 atom stereocenters. The molecule has 0 unspecified atom stereocenters. The van der Waals surface area contributed by atoms with Gasteiger partial charge in [0, 0.05) is 0 Å². The van der Waals surface area contributed by atoms with E-state index in [4.69, 9.17) is 9.84 Å². The van der Waals surface area contributed by atoms with Gasteiger partial charge in [0.1, 0.15) is 11.9 Å². The summed E-state index contributed by atoms with van der Waals surface area (Å²) >= 11 is 0. The molecule has 5 nitrogen and oxygen atoms in total. The van der Waals surface area contributed by atoms with Crippen LogP contribution in [0.5, 0.6) is 0 Å². The number of carboxylic acids is 1. The highest BCUT2D eigenvalue weighted by Gasteiger charge is 2.25. The number of halogens is 1. The number of rotatable bonds is 8. The van der Waals surface area contributed by atoms with E-state index in [1.165, 1.54) is 24.3 Å². The van der Waals surface area contributed by atoms with E-state index in [1.807, 2.05) is 13.8 Å². The predicted molar refractivity (Wildman–Crippen MR) is 99.8 cm³/mol. The fourth-order valence-electron chi connectivity index (χ4n) is 2.66. The van der Waals surface area contributed by atoms with E-state index in [2.05, 4.69) is 5.32 Å². The van der Waals surface area contributed by atoms with Crippen LogP contribution in [0.15, 0.2) is 48.5 Å². The van der Waals surface area contributed by atoms with Crippen LogP contribution in [0.25, 0.3) is 0 Å². The number of benzene rings is 2. The molecule has 0 aliphatic heterocycles. The van der Waals surface area contributed by atoms with E-state index in [-0.39, 0.29) is 35.9 Å². The minimum atomic E-state index is -1.02. The third-order valence-corrected chi connectivity index (χ3v) is 4.20. The van der Waals surface area contributed by atoms with Crippen LogP contribution in [-0.4, -0.2) is 23.1 Å². The lowest BCUT2D eigenvalue weighted by atomic mass is 10.0. The molecule has 0 saturated carbocycles. The molecule has 6 heteroatoms. The molecule has 1 amide bonds. The van der Waals surface area contributed by atoms with Crippen molar-refractivity contribution in [3.8, 4) is 0 Å². The van der Waals surface area contributed by atoms with Gasteiger partial charge < -0.3 is 15.2 Å². The molecule has 27 heavy (non-hydrogen) atoms. The van der Waals surface area contributed by atoms with Crippen molar-refractivity contribution in [1.82, 2.24) is 5.32 Å². The third-order valence-electron chi connectivity index (χ3n) is 4.20. The van der Waals surface area contributed by atoms with Crippen molar-refractivity contribution in [2.45, 2.75) is 39.5 Å². The number of carboxylic acid groups (broad SMARTS) is 1. The topological polar surface area (TPSA) is 75.6 Å². The van der Waals surface area contributed by atoms with Gasteiger partial charge in [-0.3, -0.25) is 4.79 Å². The van der Waals surface area contributed by atoms with Crippen molar-refractivity contribution in [2.75, 3.05) is 0 Å². The number of nitrogens with one attached hydrogen (secondary N) is 1. The van der Waals surface area contributed by atoms with Gasteiger partial charge in [-0.15, -0.1) is 0 Å². The fraction of sp³-hybridized carbons (Fsp3) is 0.333. The van der Waals surface area contributed by atoms with Crippen LogP contribution >= 0.6 is 0 Å². The molecule has 2 rings (SSSR count). The Labute approximate surface area is 158 Å². The Bertz CT molecular complexity index is 789. The second-order valence-corrected chi connectivity index (χ2v) is 6.76. The van der Waals surface area contributed by atoms with Crippen LogP contribution in [0, 0.1) is 11.7 Å². The lowest BCUT2D eigenvalue weighted by Crippen LogP contribution is -2.40. The Hall–Kier alpha value is -2.73. The van der Waals surface area contributed by atoms with Crippen LogP contribution in [0.4, 0.5) is 4.39 Å². The molecule has 2 aromatic rings. The zero-order chi connectivity index (χ0) is 20.0. The predicted octanol–water partition coefficient (Wildman–Crippen LogP) is 3.94. The lowest BCUT2D eigenvalue weighted by molar-refractivity contribution is -0.137. The van der Waals surface area contributed by atoms with E-state index >= 15 is 0 Å². The standard InChI is InChI=1S/C21H24FNO4/c1-13(2)19(27-12-15-7-9-18(22)10-8-15)20(24)23-14(3)16-5-4-6-17(11-16)21(25)26/h4-11,13-14,19H,12H2,1-3H3,(H,23,24)(H,25,26)/t14-,19+/m0/s1. The number of aromatic carboxylic acids is 1. The highest BCUT2D eigenvalue weighted by atomic mass is 19.1. The Morgan fingerprint density at radius 3 is 2.37 bits per heavy atom. The van der Waals surface area contributed by atoms with Crippen molar-refractivity contribution in [2.24, 2.45) is 5.92 Å². The van der Waals surface area contributed by atoms with Crippen molar-refractivity contribution in [1.29, 1.82) is 0 Å². The van der Waals surface area contributed by atoms with Gasteiger partial charge >= 0.3 is 5.97 Å². The Kier molecular flexibility index (Phi) is 7.07. The molecule has 0 aliphatic carbocycles. The van der Waals surface area contributed by atoms with Crippen LogP contribution < -0.4 is 5.32 Å². The first-order chi connectivity index (χ1) is 12.8. The number of hydrogen-bond donors (Lipinski definition) is 2. The summed E-state index contributed by atoms with van der Waals surface area (Å²) in [4.78, 5) is 23.8. The number of ether oxygens (including phenoxy) is 1. The molecule has 0 heterocycles. The maximum Gasteiger partial charge on any atom is 0.335 e. The zero-order valence-electron chi connectivity index (χ0n) is 15.6. The lowest BCUT2D eigenvalue weighted by Gasteiger charge is -2.23. The highest BCUT2D eigenvalue weighted by molar-refractivity contribution is 5.88. The van der Waals surface area contributed by atoms with E-state index in [1.54, 1.807) is 31.2 Å². The van der Waals surface area contributed by atoms with Crippen molar-refractivity contribution < 1.29 is 23.8 Å². The summed E-state index contributed by atoms with van der Waals surface area (Å²) in [6.45, 7) is 5.74. The monoisotopic (exact) mass is 373 g/mol. The molecule has 0 bridgehead atoms. The Balaban J connectivity index is 2.02. The molecular weight excluding hydrogens is 349 g/mol. The second kappa shape index (κ2) is 9.28. The van der Waals surface area contributed by atoms with Gasteiger partial charge in [0.05, 0.1) is 18.2 Å². The Morgan fingerprint density at radius 2 is 1.78 bits per heavy atom. The van der Waals surface area contributed by atoms with Crippen LogP contribution in [0.3, 0.4) is 0 Å². The highest BCUT2D eigenvalue weighted by Crippen LogP contribution is 2.17. The third kappa shape index (κ3) is 5.89. The summed E-state index contributed by atoms with van der Waals surface area (Å²) in [5.41, 5.74) is 1.64. The second-order valence-electron chi connectivity index (χ2n) is 6.76. The van der Waals surface area contributed by atoms with E-state index in [0.717, 1.165) is 5.56 Å². The van der Waals surface area contributed by atoms with E-state index in [0.29, 0.717) is 5.56 Å². The maximum absolute atomic E-state index is 13.0. The number of carbonyl (C=O) groups excluding carboxylic acids is 1. The summed E-state index contributed by atoms with van der Waals surface area (Å²) < 4.78 is 18.7. The molecule has 2 aromatic carbocycles. The average molecular weight is 373 g/mol. The maximum atomic E-state index is 13.0. The first kappa shape index (κ1) is 20.6. The molecular formula is C21H24FNO4. The summed E-state index contributed by atoms with van der Waals surface area (Å²) in [6, 6.07) is 12.0. The van der Waals surface area contributed by atoms with Crippen LogP contribution in [0.2, 0.25) is 0 Å². The zero-order valence-corrected chi connectivity index (χ0v) is 15.6. The molecule has 0 aromatic heterocycles. The molecule has 0 saturated heterocycles.